The Morgan fingerprint density at radius 1 is 0.588 bits per heavy atom. The number of rotatable bonds is 0. The Morgan fingerprint density at radius 3 is 1.12 bits per heavy atom. The summed E-state index contributed by atoms with van der Waals surface area (Å²) in [7, 11) is 0. The van der Waals surface area contributed by atoms with Crippen molar-refractivity contribution >= 4 is 0 Å². The fourth-order valence-electron chi connectivity index (χ4n) is 2.38. The molecule has 96 valence electrons. The summed E-state index contributed by atoms with van der Waals surface area (Å²) in [5.41, 5.74) is 6.81. The third kappa shape index (κ3) is 2.70. The second-order valence-electron chi connectivity index (χ2n) is 7.18. The highest BCUT2D eigenvalue weighted by Crippen LogP contribution is 2.32. The molecule has 0 aliphatic heterocycles. The minimum atomic E-state index is 0.114. The molecule has 0 unspecified atom stereocenters. The van der Waals surface area contributed by atoms with E-state index in [0.29, 0.717) is 0 Å². The van der Waals surface area contributed by atoms with E-state index in [1.165, 1.54) is 28.1 Å². The van der Waals surface area contributed by atoms with Gasteiger partial charge in [-0.1, -0.05) is 41.5 Å². The lowest BCUT2D eigenvalue weighted by molar-refractivity contribution is 0.523. The van der Waals surface area contributed by atoms with Crippen LogP contribution in [0.1, 0.15) is 69.6 Å². The van der Waals surface area contributed by atoms with Crippen molar-refractivity contribution in [1.29, 1.82) is 0 Å². The number of pyridine rings is 1. The molecular weight excluding hydrogens is 206 g/mol. The summed E-state index contributed by atoms with van der Waals surface area (Å²) in [6.45, 7) is 20.1. The Hall–Kier alpha value is -0.850. The van der Waals surface area contributed by atoms with Crippen LogP contribution < -0.4 is 0 Å². The van der Waals surface area contributed by atoms with Gasteiger partial charge in [-0.15, -0.1) is 0 Å². The normalized spacial score (nSPS) is 13.0. The fourth-order valence-corrected chi connectivity index (χ4v) is 2.38. The van der Waals surface area contributed by atoms with E-state index in [0.717, 1.165) is 0 Å². The van der Waals surface area contributed by atoms with Crippen molar-refractivity contribution in [3.05, 3.63) is 28.1 Å². The summed E-state index contributed by atoms with van der Waals surface area (Å²) in [6, 6.07) is 0. The van der Waals surface area contributed by atoms with Crippen molar-refractivity contribution in [3.8, 4) is 0 Å². The molecule has 1 nitrogen and oxygen atoms in total. The molecule has 0 atom stereocenters. The molecule has 0 N–H and O–H groups in total. The Labute approximate surface area is 107 Å². The second-order valence-corrected chi connectivity index (χ2v) is 7.18. The third-order valence-electron chi connectivity index (χ3n) is 3.48. The Balaban J connectivity index is 3.63. The van der Waals surface area contributed by atoms with Crippen molar-refractivity contribution in [3.63, 3.8) is 0 Å². The molecule has 0 aliphatic rings. The molecule has 0 fully saturated rings. The monoisotopic (exact) mass is 233 g/mol. The Morgan fingerprint density at radius 2 is 0.882 bits per heavy atom. The molecule has 0 saturated carbocycles. The van der Waals surface area contributed by atoms with Crippen molar-refractivity contribution < 1.29 is 0 Å². The lowest BCUT2D eigenvalue weighted by Gasteiger charge is -2.28. The highest BCUT2D eigenvalue weighted by Gasteiger charge is 2.26. The van der Waals surface area contributed by atoms with Crippen molar-refractivity contribution in [2.75, 3.05) is 0 Å². The van der Waals surface area contributed by atoms with Gasteiger partial charge in [0.2, 0.25) is 0 Å². The van der Waals surface area contributed by atoms with Gasteiger partial charge in [0.1, 0.15) is 0 Å². The zero-order valence-electron chi connectivity index (χ0n) is 12.9. The molecule has 0 bridgehead atoms. The predicted octanol–water partition coefficient (Wildman–Crippen LogP) is 4.60. The molecular formula is C16H27N. The predicted molar refractivity (Wildman–Crippen MR) is 75.8 cm³/mol. The summed E-state index contributed by atoms with van der Waals surface area (Å²) in [4.78, 5) is 4.98. The largest absolute Gasteiger partial charge is 0.256 e. The first-order chi connectivity index (χ1) is 7.46. The lowest BCUT2D eigenvalue weighted by atomic mass is 9.81. The molecule has 0 saturated heterocycles. The summed E-state index contributed by atoms with van der Waals surface area (Å²) in [6.07, 6.45) is 0. The summed E-state index contributed by atoms with van der Waals surface area (Å²) >= 11 is 0. The maximum absolute atomic E-state index is 4.98. The molecule has 1 heterocycles. The molecule has 1 aromatic rings. The minimum absolute atomic E-state index is 0.114. The van der Waals surface area contributed by atoms with Crippen LogP contribution in [0.2, 0.25) is 0 Å². The first-order valence-corrected chi connectivity index (χ1v) is 6.45. The van der Waals surface area contributed by atoms with Crippen molar-refractivity contribution in [1.82, 2.24) is 4.98 Å². The molecule has 0 aliphatic carbocycles. The molecule has 0 aromatic carbocycles. The number of hydrogen-bond donors (Lipinski definition) is 0. The molecule has 0 amide bonds. The van der Waals surface area contributed by atoms with Crippen LogP contribution in [0, 0.1) is 20.8 Å². The van der Waals surface area contributed by atoms with Crippen LogP contribution in [0.3, 0.4) is 0 Å². The van der Waals surface area contributed by atoms with Gasteiger partial charge in [-0.3, -0.25) is 4.98 Å². The van der Waals surface area contributed by atoms with Crippen LogP contribution in [-0.2, 0) is 10.8 Å². The molecule has 1 rings (SSSR count). The van der Waals surface area contributed by atoms with Crippen LogP contribution in [-0.4, -0.2) is 4.98 Å². The van der Waals surface area contributed by atoms with Gasteiger partial charge in [0, 0.05) is 22.2 Å². The zero-order valence-corrected chi connectivity index (χ0v) is 12.9. The van der Waals surface area contributed by atoms with E-state index in [4.69, 9.17) is 4.98 Å². The summed E-state index contributed by atoms with van der Waals surface area (Å²) in [5, 5.41) is 0. The quantitative estimate of drug-likeness (QED) is 0.638. The smallest absolute Gasteiger partial charge is 0.0492 e. The van der Waals surface area contributed by atoms with E-state index in [9.17, 15) is 0 Å². The van der Waals surface area contributed by atoms with Gasteiger partial charge in [0.15, 0.2) is 0 Å². The first-order valence-electron chi connectivity index (χ1n) is 6.45. The average Bonchev–Trinajstić information content (AvgIpc) is 2.10. The van der Waals surface area contributed by atoms with E-state index in [-0.39, 0.29) is 10.8 Å². The zero-order chi connectivity index (χ0) is 13.6. The molecule has 0 spiro atoms. The van der Waals surface area contributed by atoms with Crippen molar-refractivity contribution in [2.45, 2.75) is 73.1 Å². The van der Waals surface area contributed by atoms with Gasteiger partial charge < -0.3 is 0 Å². The standard InChI is InChI=1S/C16H27N/c1-10-11(2)13(15(4,5)6)17-14(12(10)3)16(7,8)9/h1-9H3. The van der Waals surface area contributed by atoms with E-state index >= 15 is 0 Å². The maximum atomic E-state index is 4.98. The van der Waals surface area contributed by atoms with Crippen molar-refractivity contribution in [2.24, 2.45) is 0 Å². The fraction of sp³-hybridized carbons (Fsp3) is 0.688. The number of hydrogen-bond acceptors (Lipinski definition) is 1. The first kappa shape index (κ1) is 14.2. The molecule has 17 heavy (non-hydrogen) atoms. The van der Waals surface area contributed by atoms with Crippen LogP contribution in [0.5, 0.6) is 0 Å². The van der Waals surface area contributed by atoms with Gasteiger partial charge in [0.05, 0.1) is 0 Å². The number of aromatic nitrogens is 1. The van der Waals surface area contributed by atoms with E-state index in [1.807, 2.05) is 0 Å². The minimum Gasteiger partial charge on any atom is -0.256 e. The third-order valence-corrected chi connectivity index (χ3v) is 3.48. The van der Waals surface area contributed by atoms with E-state index < -0.39 is 0 Å². The van der Waals surface area contributed by atoms with E-state index in [2.05, 4.69) is 62.3 Å². The highest BCUT2D eigenvalue weighted by atomic mass is 14.8. The molecule has 1 heteroatoms. The van der Waals surface area contributed by atoms with Gasteiger partial charge in [-0.05, 0) is 37.5 Å². The Bertz CT molecular complexity index is 390. The van der Waals surface area contributed by atoms with Gasteiger partial charge in [-0.25, -0.2) is 0 Å². The van der Waals surface area contributed by atoms with Crippen LogP contribution in [0.15, 0.2) is 0 Å². The highest BCUT2D eigenvalue weighted by molar-refractivity contribution is 5.42. The topological polar surface area (TPSA) is 12.9 Å². The average molecular weight is 233 g/mol. The van der Waals surface area contributed by atoms with Crippen LogP contribution >= 0.6 is 0 Å². The summed E-state index contributed by atoms with van der Waals surface area (Å²) in [5.74, 6) is 0. The second kappa shape index (κ2) is 4.12. The van der Waals surface area contributed by atoms with E-state index in [1.54, 1.807) is 0 Å². The maximum Gasteiger partial charge on any atom is 0.0492 e. The van der Waals surface area contributed by atoms with Crippen LogP contribution in [0.4, 0.5) is 0 Å². The van der Waals surface area contributed by atoms with Gasteiger partial charge >= 0.3 is 0 Å². The molecule has 0 radical (unpaired) electrons. The number of nitrogens with zero attached hydrogens (tertiary/aromatic N) is 1. The lowest BCUT2D eigenvalue weighted by Crippen LogP contribution is -2.23. The molecule has 1 aromatic heterocycles. The Kier molecular flexibility index (Phi) is 3.44. The van der Waals surface area contributed by atoms with Gasteiger partial charge in [-0.2, -0.15) is 0 Å². The van der Waals surface area contributed by atoms with Gasteiger partial charge in [0.25, 0.3) is 0 Å². The van der Waals surface area contributed by atoms with Crippen LogP contribution in [0.25, 0.3) is 0 Å². The SMILES string of the molecule is Cc1c(C(C)(C)C)nc(C(C)(C)C)c(C)c1C. The summed E-state index contributed by atoms with van der Waals surface area (Å²) < 4.78 is 0.